The maximum atomic E-state index is 12.7. The first-order chi connectivity index (χ1) is 10.0. The first-order valence-corrected chi connectivity index (χ1v) is 7.09. The minimum absolute atomic E-state index is 0.134. The molecule has 4 heteroatoms. The van der Waals surface area contributed by atoms with Crippen LogP contribution in [-0.2, 0) is 23.3 Å². The Labute approximate surface area is 124 Å². The number of rotatable bonds is 3. The number of carbonyl (C=O) groups excluding carboxylic acids is 1. The van der Waals surface area contributed by atoms with Gasteiger partial charge in [0.05, 0.1) is 17.7 Å². The lowest BCUT2D eigenvalue weighted by atomic mass is 9.86. The van der Waals surface area contributed by atoms with Gasteiger partial charge in [0.1, 0.15) is 0 Å². The molecule has 2 heterocycles. The minimum atomic E-state index is -0.472. The molecule has 1 aromatic carbocycles. The molecule has 2 aromatic rings. The van der Waals surface area contributed by atoms with E-state index in [4.69, 9.17) is 5.73 Å². The maximum Gasteiger partial charge on any atom is 0.237 e. The van der Waals surface area contributed by atoms with E-state index in [9.17, 15) is 4.79 Å². The molecule has 1 amide bonds. The van der Waals surface area contributed by atoms with Crippen LogP contribution in [0.25, 0.3) is 0 Å². The molecule has 2 N–H and O–H groups in total. The van der Waals surface area contributed by atoms with E-state index in [1.54, 1.807) is 6.20 Å². The van der Waals surface area contributed by atoms with Crippen molar-refractivity contribution in [2.24, 2.45) is 5.73 Å². The highest BCUT2D eigenvalue weighted by Gasteiger charge is 2.43. The molecular weight excluding hydrogens is 262 g/mol. The second-order valence-electron chi connectivity index (χ2n) is 5.89. The van der Waals surface area contributed by atoms with Gasteiger partial charge in [0, 0.05) is 18.4 Å². The van der Waals surface area contributed by atoms with Crippen molar-refractivity contribution in [3.05, 3.63) is 59.4 Å². The smallest absolute Gasteiger partial charge is 0.237 e. The fourth-order valence-corrected chi connectivity index (χ4v) is 2.88. The SMILES string of the molecule is CC1(C)C(=O)N(Cc2ccnc(CN)c2)c2ccccc21. The van der Waals surface area contributed by atoms with Crippen molar-refractivity contribution in [1.82, 2.24) is 4.98 Å². The van der Waals surface area contributed by atoms with E-state index in [1.807, 2.05) is 55.1 Å². The third kappa shape index (κ3) is 2.21. The topological polar surface area (TPSA) is 59.2 Å². The fraction of sp³-hybridized carbons (Fsp3) is 0.294. The van der Waals surface area contributed by atoms with Crippen LogP contribution in [0.15, 0.2) is 42.6 Å². The number of amides is 1. The van der Waals surface area contributed by atoms with Crippen molar-refractivity contribution < 1.29 is 4.79 Å². The molecule has 3 rings (SSSR count). The summed E-state index contributed by atoms with van der Waals surface area (Å²) in [4.78, 5) is 18.8. The average molecular weight is 281 g/mol. The van der Waals surface area contributed by atoms with Gasteiger partial charge in [-0.1, -0.05) is 18.2 Å². The Morgan fingerprint density at radius 1 is 1.24 bits per heavy atom. The quantitative estimate of drug-likeness (QED) is 0.939. The fourth-order valence-electron chi connectivity index (χ4n) is 2.88. The molecule has 21 heavy (non-hydrogen) atoms. The van der Waals surface area contributed by atoms with E-state index in [0.717, 1.165) is 22.5 Å². The highest BCUT2D eigenvalue weighted by Crippen LogP contribution is 2.41. The summed E-state index contributed by atoms with van der Waals surface area (Å²) in [6.45, 7) is 4.91. The number of anilines is 1. The second kappa shape index (κ2) is 4.97. The molecule has 4 nitrogen and oxygen atoms in total. The summed E-state index contributed by atoms with van der Waals surface area (Å²) in [6, 6.07) is 11.9. The molecule has 1 aliphatic rings. The molecule has 0 saturated heterocycles. The van der Waals surface area contributed by atoms with Crippen LogP contribution in [0.2, 0.25) is 0 Å². The molecule has 1 aromatic heterocycles. The first-order valence-electron chi connectivity index (χ1n) is 7.09. The minimum Gasteiger partial charge on any atom is -0.325 e. The van der Waals surface area contributed by atoms with Crippen molar-refractivity contribution in [2.75, 3.05) is 4.90 Å². The van der Waals surface area contributed by atoms with Crippen LogP contribution in [0.1, 0.15) is 30.7 Å². The zero-order valence-electron chi connectivity index (χ0n) is 12.3. The van der Waals surface area contributed by atoms with Gasteiger partial charge in [-0.25, -0.2) is 0 Å². The van der Waals surface area contributed by atoms with Gasteiger partial charge in [-0.05, 0) is 43.2 Å². The van der Waals surface area contributed by atoms with Gasteiger partial charge >= 0.3 is 0 Å². The lowest BCUT2D eigenvalue weighted by molar-refractivity contribution is -0.122. The van der Waals surface area contributed by atoms with Gasteiger partial charge in [-0.3, -0.25) is 9.78 Å². The summed E-state index contributed by atoms with van der Waals surface area (Å²) in [7, 11) is 0. The average Bonchev–Trinajstić information content (AvgIpc) is 2.69. The summed E-state index contributed by atoms with van der Waals surface area (Å²) < 4.78 is 0. The van der Waals surface area contributed by atoms with Crippen molar-refractivity contribution in [2.45, 2.75) is 32.4 Å². The van der Waals surface area contributed by atoms with Gasteiger partial charge in [0.15, 0.2) is 0 Å². The molecule has 0 atom stereocenters. The molecule has 108 valence electrons. The second-order valence-corrected chi connectivity index (χ2v) is 5.89. The molecule has 0 radical (unpaired) electrons. The zero-order chi connectivity index (χ0) is 15.0. The molecule has 0 bridgehead atoms. The number of pyridine rings is 1. The van der Waals surface area contributed by atoms with Crippen LogP contribution >= 0.6 is 0 Å². The summed E-state index contributed by atoms with van der Waals surface area (Å²) in [5.41, 5.74) is 9.13. The lowest BCUT2D eigenvalue weighted by Crippen LogP contribution is -2.35. The Morgan fingerprint density at radius 2 is 2.00 bits per heavy atom. The summed E-state index contributed by atoms with van der Waals surface area (Å²) in [6.07, 6.45) is 1.75. The van der Waals surface area contributed by atoms with Gasteiger partial charge in [-0.2, -0.15) is 0 Å². The van der Waals surface area contributed by atoms with E-state index in [2.05, 4.69) is 4.98 Å². The van der Waals surface area contributed by atoms with Gasteiger partial charge in [0.2, 0.25) is 5.91 Å². The largest absolute Gasteiger partial charge is 0.325 e. The number of fused-ring (bicyclic) bond motifs is 1. The van der Waals surface area contributed by atoms with Crippen molar-refractivity contribution in [1.29, 1.82) is 0 Å². The number of nitrogens with zero attached hydrogens (tertiary/aromatic N) is 2. The normalized spacial score (nSPS) is 16.1. The highest BCUT2D eigenvalue weighted by atomic mass is 16.2. The summed E-state index contributed by atoms with van der Waals surface area (Å²) >= 11 is 0. The monoisotopic (exact) mass is 281 g/mol. The standard InChI is InChI=1S/C17H19N3O/c1-17(2)14-5-3-4-6-15(14)20(16(17)21)11-12-7-8-19-13(9-12)10-18/h3-9H,10-11,18H2,1-2H3. The molecule has 0 saturated carbocycles. The van der Waals surface area contributed by atoms with E-state index < -0.39 is 5.41 Å². The van der Waals surface area contributed by atoms with E-state index in [1.165, 1.54) is 0 Å². The van der Waals surface area contributed by atoms with E-state index >= 15 is 0 Å². The van der Waals surface area contributed by atoms with Gasteiger partial charge in [-0.15, -0.1) is 0 Å². The maximum absolute atomic E-state index is 12.7. The molecular formula is C17H19N3O. The number of hydrogen-bond donors (Lipinski definition) is 1. The number of para-hydroxylation sites is 1. The van der Waals surface area contributed by atoms with Crippen LogP contribution in [0.4, 0.5) is 5.69 Å². The molecule has 0 fully saturated rings. The number of hydrogen-bond acceptors (Lipinski definition) is 3. The molecule has 0 unspecified atom stereocenters. The van der Waals surface area contributed by atoms with Gasteiger partial charge in [0.25, 0.3) is 0 Å². The Bertz CT molecular complexity index is 694. The third-order valence-corrected chi connectivity index (χ3v) is 4.08. The Morgan fingerprint density at radius 3 is 2.76 bits per heavy atom. The summed E-state index contributed by atoms with van der Waals surface area (Å²) in [5.74, 6) is 0.134. The molecule has 0 spiro atoms. The van der Waals surface area contributed by atoms with Crippen molar-refractivity contribution in [3.8, 4) is 0 Å². The van der Waals surface area contributed by atoms with Crippen LogP contribution in [0.3, 0.4) is 0 Å². The van der Waals surface area contributed by atoms with E-state index in [-0.39, 0.29) is 5.91 Å². The Kier molecular flexibility index (Phi) is 3.26. The summed E-state index contributed by atoms with van der Waals surface area (Å²) in [5, 5.41) is 0. The van der Waals surface area contributed by atoms with E-state index in [0.29, 0.717) is 13.1 Å². The van der Waals surface area contributed by atoms with Crippen LogP contribution in [0, 0.1) is 0 Å². The predicted octanol–water partition coefficient (Wildman–Crippen LogP) is 2.36. The lowest BCUT2D eigenvalue weighted by Gasteiger charge is -2.20. The predicted molar refractivity (Wildman–Crippen MR) is 82.8 cm³/mol. The zero-order valence-corrected chi connectivity index (χ0v) is 12.3. The molecule has 0 aliphatic carbocycles. The number of aromatic nitrogens is 1. The Hall–Kier alpha value is -2.20. The van der Waals surface area contributed by atoms with Gasteiger partial charge < -0.3 is 10.6 Å². The number of nitrogens with two attached hydrogens (primary N) is 1. The van der Waals surface area contributed by atoms with Crippen LogP contribution in [0.5, 0.6) is 0 Å². The van der Waals surface area contributed by atoms with Crippen LogP contribution < -0.4 is 10.6 Å². The van der Waals surface area contributed by atoms with Crippen molar-refractivity contribution >= 4 is 11.6 Å². The molecule has 1 aliphatic heterocycles. The van der Waals surface area contributed by atoms with Crippen molar-refractivity contribution in [3.63, 3.8) is 0 Å². The number of benzene rings is 1. The number of carbonyl (C=O) groups is 1. The highest BCUT2D eigenvalue weighted by molar-refractivity contribution is 6.07. The third-order valence-electron chi connectivity index (χ3n) is 4.08. The van der Waals surface area contributed by atoms with Crippen LogP contribution in [-0.4, -0.2) is 10.9 Å². The Balaban J connectivity index is 1.97. The first kappa shape index (κ1) is 13.8.